The number of amides is 1. The molecule has 1 atom stereocenters. The number of rotatable bonds is 4. The van der Waals surface area contributed by atoms with Gasteiger partial charge in [-0.3, -0.25) is 4.79 Å². The molecule has 0 aromatic heterocycles. The third kappa shape index (κ3) is 3.74. The average Bonchev–Trinajstić information content (AvgIpc) is 2.43. The molecule has 2 rings (SSSR count). The highest BCUT2D eigenvalue weighted by Crippen LogP contribution is 2.30. The lowest BCUT2D eigenvalue weighted by atomic mass is 10.3. The van der Waals surface area contributed by atoms with Crippen molar-refractivity contribution in [1.82, 2.24) is 0 Å². The third-order valence-electron chi connectivity index (χ3n) is 2.64. The van der Waals surface area contributed by atoms with Crippen LogP contribution in [0, 0.1) is 5.82 Å². The van der Waals surface area contributed by atoms with E-state index in [0.717, 1.165) is 4.90 Å². The first-order valence-electron chi connectivity index (χ1n) is 6.04. The van der Waals surface area contributed by atoms with Gasteiger partial charge in [0.05, 0.1) is 16.0 Å². The molecule has 5 heteroatoms. The maximum absolute atomic E-state index is 13.5. The minimum atomic E-state index is -0.448. The molecule has 0 heterocycles. The topological polar surface area (TPSA) is 29.1 Å². The normalized spacial score (nSPS) is 11.9. The van der Waals surface area contributed by atoms with Crippen LogP contribution in [0.1, 0.15) is 6.92 Å². The number of carbonyl (C=O) groups excluding carboxylic acids is 1. The Labute approximate surface area is 126 Å². The number of hydrogen-bond acceptors (Lipinski definition) is 2. The van der Waals surface area contributed by atoms with Gasteiger partial charge in [0.2, 0.25) is 5.91 Å². The molecule has 2 nitrogen and oxygen atoms in total. The van der Waals surface area contributed by atoms with Gasteiger partial charge in [0.15, 0.2) is 0 Å². The zero-order valence-corrected chi connectivity index (χ0v) is 12.3. The molecule has 1 amide bonds. The molecular formula is C15H13ClFNOS. The molecule has 0 saturated carbocycles. The monoisotopic (exact) mass is 309 g/mol. The van der Waals surface area contributed by atoms with Gasteiger partial charge >= 0.3 is 0 Å². The fourth-order valence-electron chi connectivity index (χ4n) is 1.58. The predicted octanol–water partition coefficient (Wildman–Crippen LogP) is 4.60. The lowest BCUT2D eigenvalue weighted by Crippen LogP contribution is -2.22. The van der Waals surface area contributed by atoms with E-state index in [2.05, 4.69) is 5.32 Å². The molecule has 0 bridgehead atoms. The van der Waals surface area contributed by atoms with E-state index in [9.17, 15) is 9.18 Å². The van der Waals surface area contributed by atoms with Gasteiger partial charge in [-0.1, -0.05) is 35.9 Å². The standard InChI is InChI=1S/C15H13ClFNOS/c1-10(20-14-9-5-2-6-11(14)16)15(19)18-13-8-4-3-7-12(13)17/h2-10H,1H3,(H,18,19). The summed E-state index contributed by atoms with van der Waals surface area (Å²) in [5, 5.41) is 2.79. The minimum Gasteiger partial charge on any atom is -0.323 e. The Hall–Kier alpha value is -1.52. The molecule has 20 heavy (non-hydrogen) atoms. The second-order valence-electron chi connectivity index (χ2n) is 4.16. The maximum atomic E-state index is 13.5. The number of nitrogens with one attached hydrogen (secondary N) is 1. The Morgan fingerprint density at radius 2 is 1.85 bits per heavy atom. The lowest BCUT2D eigenvalue weighted by molar-refractivity contribution is -0.115. The Morgan fingerprint density at radius 1 is 1.20 bits per heavy atom. The summed E-state index contributed by atoms with van der Waals surface area (Å²) in [7, 11) is 0. The first kappa shape index (κ1) is 14.9. The van der Waals surface area contributed by atoms with Crippen molar-refractivity contribution in [3.05, 3.63) is 59.4 Å². The molecule has 2 aromatic carbocycles. The quantitative estimate of drug-likeness (QED) is 0.836. The summed E-state index contributed by atoms with van der Waals surface area (Å²) in [6, 6.07) is 13.4. The van der Waals surface area contributed by atoms with Gasteiger partial charge in [-0.2, -0.15) is 0 Å². The summed E-state index contributed by atoms with van der Waals surface area (Å²) in [5.41, 5.74) is 0.184. The highest BCUT2D eigenvalue weighted by atomic mass is 35.5. The van der Waals surface area contributed by atoms with Crippen molar-refractivity contribution in [1.29, 1.82) is 0 Å². The SMILES string of the molecule is CC(Sc1ccccc1Cl)C(=O)Nc1ccccc1F. The van der Waals surface area contributed by atoms with Crippen molar-refractivity contribution in [2.24, 2.45) is 0 Å². The van der Waals surface area contributed by atoms with E-state index in [1.165, 1.54) is 23.9 Å². The Kier molecular flexibility index (Phi) is 5.04. The third-order valence-corrected chi connectivity index (χ3v) is 4.26. The molecule has 0 spiro atoms. The lowest BCUT2D eigenvalue weighted by Gasteiger charge is -2.13. The van der Waals surface area contributed by atoms with Crippen LogP contribution in [0.2, 0.25) is 5.02 Å². The number of anilines is 1. The van der Waals surface area contributed by atoms with E-state index in [0.29, 0.717) is 5.02 Å². The van der Waals surface area contributed by atoms with Crippen molar-refractivity contribution in [3.8, 4) is 0 Å². The zero-order chi connectivity index (χ0) is 14.5. The van der Waals surface area contributed by atoms with Crippen molar-refractivity contribution >= 4 is 35.0 Å². The molecule has 0 radical (unpaired) electrons. The summed E-state index contributed by atoms with van der Waals surface area (Å²) in [6.45, 7) is 1.75. The van der Waals surface area contributed by atoms with E-state index in [1.807, 2.05) is 18.2 Å². The summed E-state index contributed by atoms with van der Waals surface area (Å²) in [5.74, 6) is -0.712. The molecule has 2 aromatic rings. The highest BCUT2D eigenvalue weighted by molar-refractivity contribution is 8.00. The van der Waals surface area contributed by atoms with Crippen LogP contribution in [-0.2, 0) is 4.79 Å². The van der Waals surface area contributed by atoms with Gasteiger partial charge in [0.25, 0.3) is 0 Å². The molecule has 0 aliphatic carbocycles. The molecular weight excluding hydrogens is 297 g/mol. The Morgan fingerprint density at radius 3 is 2.55 bits per heavy atom. The van der Waals surface area contributed by atoms with Crippen molar-refractivity contribution in [2.75, 3.05) is 5.32 Å². The minimum absolute atomic E-state index is 0.184. The van der Waals surface area contributed by atoms with Crippen molar-refractivity contribution in [3.63, 3.8) is 0 Å². The second kappa shape index (κ2) is 6.77. The molecule has 1 unspecified atom stereocenters. The fourth-order valence-corrected chi connectivity index (χ4v) is 2.74. The van der Waals surface area contributed by atoms with Gasteiger partial charge in [0, 0.05) is 4.90 Å². The number of carbonyl (C=O) groups is 1. The molecule has 0 aliphatic heterocycles. The van der Waals surface area contributed by atoms with E-state index in [1.54, 1.807) is 25.1 Å². The molecule has 0 saturated heterocycles. The number of para-hydroxylation sites is 1. The first-order chi connectivity index (χ1) is 9.58. The fraction of sp³-hybridized carbons (Fsp3) is 0.133. The number of benzene rings is 2. The van der Waals surface area contributed by atoms with Crippen molar-refractivity contribution < 1.29 is 9.18 Å². The highest BCUT2D eigenvalue weighted by Gasteiger charge is 2.16. The van der Waals surface area contributed by atoms with Crippen LogP contribution in [0.5, 0.6) is 0 Å². The van der Waals surface area contributed by atoms with Crippen molar-refractivity contribution in [2.45, 2.75) is 17.1 Å². The van der Waals surface area contributed by atoms with Crippen LogP contribution in [0.4, 0.5) is 10.1 Å². The summed E-state index contributed by atoms with van der Waals surface area (Å²) in [4.78, 5) is 12.9. The van der Waals surface area contributed by atoms with E-state index < -0.39 is 5.82 Å². The first-order valence-corrected chi connectivity index (χ1v) is 7.30. The maximum Gasteiger partial charge on any atom is 0.237 e. The van der Waals surface area contributed by atoms with Crippen LogP contribution < -0.4 is 5.32 Å². The van der Waals surface area contributed by atoms with Crippen LogP contribution in [0.15, 0.2) is 53.4 Å². The summed E-state index contributed by atoms with van der Waals surface area (Å²) in [6.07, 6.45) is 0. The van der Waals surface area contributed by atoms with Crippen LogP contribution >= 0.6 is 23.4 Å². The van der Waals surface area contributed by atoms with Gasteiger partial charge in [-0.15, -0.1) is 11.8 Å². The number of thioether (sulfide) groups is 1. The summed E-state index contributed by atoms with van der Waals surface area (Å²) < 4.78 is 13.5. The van der Waals surface area contributed by atoms with Gasteiger partial charge in [-0.05, 0) is 31.2 Å². The Bertz CT molecular complexity index is 620. The van der Waals surface area contributed by atoms with Gasteiger partial charge in [-0.25, -0.2) is 4.39 Å². The molecule has 0 fully saturated rings. The number of halogens is 2. The van der Waals surface area contributed by atoms with E-state index in [4.69, 9.17) is 11.6 Å². The average molecular weight is 310 g/mol. The van der Waals surface area contributed by atoms with Crippen LogP contribution in [-0.4, -0.2) is 11.2 Å². The second-order valence-corrected chi connectivity index (χ2v) is 5.95. The molecule has 1 N–H and O–H groups in total. The molecule has 0 aliphatic rings. The van der Waals surface area contributed by atoms with Gasteiger partial charge in [0.1, 0.15) is 5.82 Å². The predicted molar refractivity (Wildman–Crippen MR) is 81.8 cm³/mol. The van der Waals surface area contributed by atoms with Crippen LogP contribution in [0.25, 0.3) is 0 Å². The summed E-state index contributed by atoms with van der Waals surface area (Å²) >= 11 is 7.38. The zero-order valence-electron chi connectivity index (χ0n) is 10.8. The Balaban J connectivity index is 2.03. The van der Waals surface area contributed by atoms with Gasteiger partial charge < -0.3 is 5.32 Å². The van der Waals surface area contributed by atoms with E-state index >= 15 is 0 Å². The van der Waals surface area contributed by atoms with E-state index in [-0.39, 0.29) is 16.8 Å². The smallest absolute Gasteiger partial charge is 0.237 e. The largest absolute Gasteiger partial charge is 0.323 e. The molecule has 104 valence electrons. The van der Waals surface area contributed by atoms with Crippen LogP contribution in [0.3, 0.4) is 0 Å². The number of hydrogen-bond donors (Lipinski definition) is 1.